The molecule has 7 aromatic rings. The van der Waals surface area contributed by atoms with E-state index in [1.807, 2.05) is 96.7 Å². The molecule has 0 saturated carbocycles. The number of ether oxygens (including phenoxy) is 3. The van der Waals surface area contributed by atoms with E-state index >= 15 is 0 Å². The van der Waals surface area contributed by atoms with Crippen molar-refractivity contribution in [2.45, 2.75) is 66.1 Å². The highest BCUT2D eigenvalue weighted by molar-refractivity contribution is 5.60. The number of benzene rings is 3. The Morgan fingerprint density at radius 2 is 0.788 bits per heavy atom. The normalized spacial score (nSPS) is 11.7. The van der Waals surface area contributed by atoms with Crippen LogP contribution in [0.5, 0.6) is 35.3 Å². The molecule has 0 radical (unpaired) electrons. The number of hydrogen-bond acceptors (Lipinski definition) is 12. The number of aromatic nitrogens is 12. The quantitative estimate of drug-likeness (QED) is 0.129. The van der Waals surface area contributed by atoms with E-state index in [0.29, 0.717) is 17.2 Å². The number of nitrogens with zero attached hydrogens (tertiary/aromatic N) is 12. The van der Waals surface area contributed by atoms with Gasteiger partial charge in [-0.15, -0.1) is 30.2 Å². The molecule has 15 nitrogen and oxygen atoms in total. The summed E-state index contributed by atoms with van der Waals surface area (Å²) >= 11 is 0. The fraction of sp³-hybridized carbons (Fsp3) is 0.270. The molecule has 15 heteroatoms. The fourth-order valence-electron chi connectivity index (χ4n) is 4.90. The van der Waals surface area contributed by atoms with Crippen LogP contribution in [-0.2, 0) is 5.54 Å². The molecule has 264 valence electrons. The monoisotopic (exact) mass is 698 g/mol. The first kappa shape index (κ1) is 34.0. The smallest absolute Gasteiger partial charge is 0.331 e. The molecule has 0 amide bonds. The van der Waals surface area contributed by atoms with E-state index < -0.39 is 0 Å². The van der Waals surface area contributed by atoms with E-state index in [2.05, 4.69) is 66.7 Å². The van der Waals surface area contributed by atoms with Gasteiger partial charge in [0.2, 0.25) is 0 Å². The van der Waals surface area contributed by atoms with Crippen LogP contribution in [0.1, 0.15) is 60.5 Å². The van der Waals surface area contributed by atoms with Crippen molar-refractivity contribution < 1.29 is 14.2 Å². The molecule has 0 N–H and O–H groups in total. The van der Waals surface area contributed by atoms with Crippen LogP contribution in [0.3, 0.4) is 0 Å². The van der Waals surface area contributed by atoms with Crippen LogP contribution in [0.15, 0.2) is 91.4 Å². The average Bonchev–Trinajstić information content (AvgIpc) is 3.91. The first-order valence-electron chi connectivity index (χ1n) is 16.8. The standard InChI is InChI=1S/C37H38N12O3/c1-23(2)47-20-31(41-44-47)25-8-14-28(15-9-25)50-34-38-35(51-29-16-10-26(11-17-29)32-21-48(24(3)4)45-42-32)40-36(39-34)52-30-18-12-27(13-19-30)33-22-49(46-43-33)37(5,6)7/h8-24H,1-7H3. The van der Waals surface area contributed by atoms with Gasteiger partial charge in [0.05, 0.1) is 24.1 Å². The second-order valence-electron chi connectivity index (χ2n) is 13.6. The molecule has 4 heterocycles. The third-order valence-electron chi connectivity index (χ3n) is 7.91. The molecule has 0 aliphatic heterocycles. The van der Waals surface area contributed by atoms with Crippen LogP contribution in [-0.4, -0.2) is 59.9 Å². The van der Waals surface area contributed by atoms with Crippen LogP contribution in [0, 0.1) is 0 Å². The van der Waals surface area contributed by atoms with Crippen molar-refractivity contribution in [1.29, 1.82) is 0 Å². The molecule has 0 aliphatic rings. The predicted octanol–water partition coefficient (Wildman–Crippen LogP) is 7.94. The number of hydrogen-bond donors (Lipinski definition) is 0. The van der Waals surface area contributed by atoms with Gasteiger partial charge in [-0.05, 0) is 121 Å². The largest absolute Gasteiger partial charge is 0.424 e. The van der Waals surface area contributed by atoms with Gasteiger partial charge in [-0.1, -0.05) is 15.6 Å². The molecule has 0 aliphatic carbocycles. The van der Waals surface area contributed by atoms with Crippen molar-refractivity contribution in [2.75, 3.05) is 0 Å². The van der Waals surface area contributed by atoms with Gasteiger partial charge in [0, 0.05) is 28.8 Å². The lowest BCUT2D eigenvalue weighted by Gasteiger charge is -2.17. The molecule has 0 spiro atoms. The predicted molar refractivity (Wildman–Crippen MR) is 192 cm³/mol. The third-order valence-corrected chi connectivity index (χ3v) is 7.91. The summed E-state index contributed by atoms with van der Waals surface area (Å²) in [4.78, 5) is 13.3. The Morgan fingerprint density at radius 3 is 1.08 bits per heavy atom. The molecule has 3 aromatic carbocycles. The van der Waals surface area contributed by atoms with E-state index in [1.165, 1.54) is 0 Å². The lowest BCUT2D eigenvalue weighted by Crippen LogP contribution is -2.22. The van der Waals surface area contributed by atoms with Gasteiger partial charge in [0.15, 0.2) is 0 Å². The van der Waals surface area contributed by atoms with Gasteiger partial charge in [0.1, 0.15) is 34.3 Å². The maximum Gasteiger partial charge on any atom is 0.331 e. The average molecular weight is 699 g/mol. The minimum absolute atomic E-state index is 0.0177. The fourth-order valence-corrected chi connectivity index (χ4v) is 4.90. The van der Waals surface area contributed by atoms with Crippen molar-refractivity contribution in [1.82, 2.24) is 59.9 Å². The molecule has 0 saturated heterocycles. The molecule has 0 bridgehead atoms. The second kappa shape index (κ2) is 14.0. The van der Waals surface area contributed by atoms with Crippen molar-refractivity contribution in [3.8, 4) is 69.1 Å². The summed E-state index contributed by atoms with van der Waals surface area (Å²) in [7, 11) is 0. The first-order valence-corrected chi connectivity index (χ1v) is 16.8. The van der Waals surface area contributed by atoms with E-state index in [1.54, 1.807) is 36.4 Å². The Balaban J connectivity index is 1.13. The maximum absolute atomic E-state index is 6.08. The summed E-state index contributed by atoms with van der Waals surface area (Å²) in [5.41, 5.74) is 4.75. The van der Waals surface area contributed by atoms with E-state index in [4.69, 9.17) is 14.2 Å². The summed E-state index contributed by atoms with van der Waals surface area (Å²) in [5.74, 6) is 1.48. The van der Waals surface area contributed by atoms with E-state index in [9.17, 15) is 0 Å². The van der Waals surface area contributed by atoms with Crippen molar-refractivity contribution >= 4 is 0 Å². The minimum Gasteiger partial charge on any atom is -0.424 e. The maximum atomic E-state index is 6.08. The van der Waals surface area contributed by atoms with Crippen LogP contribution in [0.25, 0.3) is 33.8 Å². The summed E-state index contributed by atoms with van der Waals surface area (Å²) in [6.07, 6.45) is 5.73. The molecular formula is C37H38N12O3. The van der Waals surface area contributed by atoms with Crippen LogP contribution < -0.4 is 14.2 Å². The number of rotatable bonds is 11. The Hall–Kier alpha value is -6.51. The highest BCUT2D eigenvalue weighted by atomic mass is 16.5. The molecule has 52 heavy (non-hydrogen) atoms. The summed E-state index contributed by atoms with van der Waals surface area (Å²) in [6, 6.07) is 22.5. The Bertz CT molecular complexity index is 2160. The lowest BCUT2D eigenvalue weighted by molar-refractivity contribution is 0.347. The van der Waals surface area contributed by atoms with Crippen LogP contribution in [0.2, 0.25) is 0 Å². The van der Waals surface area contributed by atoms with Gasteiger partial charge in [-0.2, -0.15) is 0 Å². The van der Waals surface area contributed by atoms with Crippen LogP contribution in [0.4, 0.5) is 0 Å². The zero-order valence-corrected chi connectivity index (χ0v) is 29.9. The lowest BCUT2D eigenvalue weighted by atomic mass is 10.1. The third kappa shape index (κ3) is 7.78. The summed E-state index contributed by atoms with van der Waals surface area (Å²) in [5, 5.41) is 25.5. The molecular weight excluding hydrogens is 660 g/mol. The van der Waals surface area contributed by atoms with E-state index in [0.717, 1.165) is 33.8 Å². The molecule has 0 atom stereocenters. The highest BCUT2D eigenvalue weighted by Gasteiger charge is 2.17. The summed E-state index contributed by atoms with van der Waals surface area (Å²) in [6.45, 7) is 14.4. The zero-order chi connectivity index (χ0) is 36.4. The van der Waals surface area contributed by atoms with Gasteiger partial charge >= 0.3 is 18.0 Å². The second-order valence-corrected chi connectivity index (χ2v) is 13.6. The van der Waals surface area contributed by atoms with Gasteiger partial charge in [0.25, 0.3) is 0 Å². The Kier molecular flexibility index (Phi) is 9.15. The van der Waals surface area contributed by atoms with Crippen molar-refractivity contribution in [3.63, 3.8) is 0 Å². The topological polar surface area (TPSA) is 158 Å². The minimum atomic E-state index is -0.180. The zero-order valence-electron chi connectivity index (χ0n) is 29.9. The SMILES string of the molecule is CC(C)n1cc(-c2ccc(Oc3nc(Oc4ccc(-c5cn(C(C)C)nn5)cc4)nc(Oc4ccc(-c5cn(C(C)(C)C)nn5)cc4)n3)cc2)nn1. The van der Waals surface area contributed by atoms with Gasteiger partial charge in [-0.3, -0.25) is 0 Å². The Morgan fingerprint density at radius 1 is 0.462 bits per heavy atom. The van der Waals surface area contributed by atoms with Crippen molar-refractivity contribution in [3.05, 3.63) is 91.4 Å². The van der Waals surface area contributed by atoms with Crippen molar-refractivity contribution in [2.24, 2.45) is 0 Å². The first-order chi connectivity index (χ1) is 25.0. The summed E-state index contributed by atoms with van der Waals surface area (Å²) < 4.78 is 23.7. The molecule has 0 fully saturated rings. The van der Waals surface area contributed by atoms with Gasteiger partial charge in [-0.25, -0.2) is 14.0 Å². The highest BCUT2D eigenvalue weighted by Crippen LogP contribution is 2.30. The van der Waals surface area contributed by atoms with E-state index in [-0.39, 0.29) is 35.7 Å². The molecule has 7 rings (SSSR count). The molecule has 4 aromatic heterocycles. The molecule has 0 unspecified atom stereocenters. The van der Waals surface area contributed by atoms with Crippen LogP contribution >= 0.6 is 0 Å². The van der Waals surface area contributed by atoms with Gasteiger partial charge < -0.3 is 14.2 Å². The Labute approximate surface area is 300 Å².